The third kappa shape index (κ3) is 4.36. The first-order valence-electron chi connectivity index (χ1n) is 4.76. The predicted octanol–water partition coefficient (Wildman–Crippen LogP) is 3.13. The minimum atomic E-state index is 0.735. The van der Waals surface area contributed by atoms with Gasteiger partial charge in [-0.15, -0.1) is 23.4 Å². The molecule has 1 rings (SSSR count). The van der Waals surface area contributed by atoms with E-state index in [2.05, 4.69) is 35.8 Å². The van der Waals surface area contributed by atoms with Crippen molar-refractivity contribution in [3.8, 4) is 0 Å². The molecule has 0 spiro atoms. The Labute approximate surface area is 95.2 Å². The van der Waals surface area contributed by atoms with Crippen molar-refractivity contribution in [3.63, 3.8) is 0 Å². The van der Waals surface area contributed by atoms with Crippen molar-refractivity contribution in [1.29, 1.82) is 0 Å². The average Bonchev–Trinajstić information content (AvgIpc) is 2.25. The quantitative estimate of drug-likeness (QED) is 0.457. The zero-order valence-electron chi connectivity index (χ0n) is 8.42. The first-order chi connectivity index (χ1) is 6.86. The van der Waals surface area contributed by atoms with Gasteiger partial charge in [-0.3, -0.25) is 0 Å². The molecule has 0 aliphatic carbocycles. The fourth-order valence-electron chi connectivity index (χ4n) is 1.17. The molecule has 0 radical (unpaired) electrons. The molecule has 0 aliphatic heterocycles. The third-order valence-electron chi connectivity index (χ3n) is 1.98. The van der Waals surface area contributed by atoms with Gasteiger partial charge in [-0.2, -0.15) is 0 Å². The zero-order chi connectivity index (χ0) is 10.2. The van der Waals surface area contributed by atoms with E-state index in [1.54, 1.807) is 11.8 Å². The zero-order valence-corrected chi connectivity index (χ0v) is 10.00. The summed E-state index contributed by atoms with van der Waals surface area (Å²) >= 11 is 7.35. The van der Waals surface area contributed by atoms with Gasteiger partial charge < -0.3 is 5.32 Å². The molecule has 78 valence electrons. The summed E-state index contributed by atoms with van der Waals surface area (Å²) in [5.41, 5.74) is 1.33. The van der Waals surface area contributed by atoms with Crippen LogP contribution in [0, 0.1) is 0 Å². The molecule has 14 heavy (non-hydrogen) atoms. The highest BCUT2D eigenvalue weighted by atomic mass is 35.5. The molecule has 0 aromatic heterocycles. The summed E-state index contributed by atoms with van der Waals surface area (Å²) in [6.07, 6.45) is 3.12. The Hall–Kier alpha value is -0.180. The molecular weight excluding hydrogens is 214 g/mol. The molecule has 1 aromatic carbocycles. The Morgan fingerprint density at radius 1 is 1.29 bits per heavy atom. The lowest BCUT2D eigenvalue weighted by atomic mass is 10.2. The standard InChI is InChI=1S/C11H16ClNS/c1-14-11-5-3-10(4-6-11)9-13-8-2-7-12/h3-6,13H,2,7-9H2,1H3. The van der Waals surface area contributed by atoms with Crippen molar-refractivity contribution >= 4 is 23.4 Å². The normalized spacial score (nSPS) is 10.4. The number of benzene rings is 1. The predicted molar refractivity (Wildman–Crippen MR) is 65.3 cm³/mol. The van der Waals surface area contributed by atoms with Crippen molar-refractivity contribution in [2.75, 3.05) is 18.7 Å². The Balaban J connectivity index is 2.29. The van der Waals surface area contributed by atoms with E-state index in [9.17, 15) is 0 Å². The third-order valence-corrected chi connectivity index (χ3v) is 2.99. The van der Waals surface area contributed by atoms with Gasteiger partial charge in [-0.25, -0.2) is 0 Å². The van der Waals surface area contributed by atoms with Gasteiger partial charge in [-0.1, -0.05) is 12.1 Å². The number of hydrogen-bond donors (Lipinski definition) is 1. The second kappa shape index (κ2) is 7.16. The van der Waals surface area contributed by atoms with Crippen LogP contribution < -0.4 is 5.32 Å². The molecule has 0 bridgehead atoms. The van der Waals surface area contributed by atoms with Gasteiger partial charge in [0, 0.05) is 17.3 Å². The van der Waals surface area contributed by atoms with Gasteiger partial charge in [-0.05, 0) is 36.9 Å². The first kappa shape index (κ1) is 11.9. The van der Waals surface area contributed by atoms with Crippen molar-refractivity contribution in [3.05, 3.63) is 29.8 Å². The summed E-state index contributed by atoms with van der Waals surface area (Å²) in [5, 5.41) is 3.35. The van der Waals surface area contributed by atoms with Crippen LogP contribution >= 0.6 is 23.4 Å². The van der Waals surface area contributed by atoms with Crippen LogP contribution in [0.3, 0.4) is 0 Å². The lowest BCUT2D eigenvalue weighted by Crippen LogP contribution is -2.14. The molecule has 1 nitrogen and oxygen atoms in total. The molecule has 3 heteroatoms. The van der Waals surface area contributed by atoms with Crippen LogP contribution in [0.15, 0.2) is 29.2 Å². The molecule has 0 unspecified atom stereocenters. The summed E-state index contributed by atoms with van der Waals surface area (Å²) in [4.78, 5) is 1.31. The maximum atomic E-state index is 5.58. The molecule has 0 fully saturated rings. The Morgan fingerprint density at radius 2 is 2.00 bits per heavy atom. The molecule has 0 saturated heterocycles. The van der Waals surface area contributed by atoms with E-state index in [0.29, 0.717) is 0 Å². The summed E-state index contributed by atoms with van der Waals surface area (Å²) in [6, 6.07) is 8.64. The molecule has 0 aliphatic rings. The van der Waals surface area contributed by atoms with E-state index >= 15 is 0 Å². The molecule has 1 aromatic rings. The van der Waals surface area contributed by atoms with Gasteiger partial charge in [0.1, 0.15) is 0 Å². The van der Waals surface area contributed by atoms with Gasteiger partial charge in [0.2, 0.25) is 0 Å². The highest BCUT2D eigenvalue weighted by Crippen LogP contribution is 2.14. The molecule has 0 saturated carbocycles. The minimum Gasteiger partial charge on any atom is -0.313 e. The van der Waals surface area contributed by atoms with Gasteiger partial charge in [0.15, 0.2) is 0 Å². The fraction of sp³-hybridized carbons (Fsp3) is 0.455. The van der Waals surface area contributed by atoms with Crippen LogP contribution in [0.25, 0.3) is 0 Å². The van der Waals surface area contributed by atoms with E-state index in [4.69, 9.17) is 11.6 Å². The molecule has 0 heterocycles. The van der Waals surface area contributed by atoms with E-state index in [1.165, 1.54) is 10.5 Å². The smallest absolute Gasteiger partial charge is 0.0235 e. The second-order valence-corrected chi connectivity index (χ2v) is 4.33. The monoisotopic (exact) mass is 229 g/mol. The van der Waals surface area contributed by atoms with Crippen molar-refractivity contribution in [2.45, 2.75) is 17.9 Å². The summed E-state index contributed by atoms with van der Waals surface area (Å²) in [5.74, 6) is 0.735. The number of alkyl halides is 1. The van der Waals surface area contributed by atoms with Crippen molar-refractivity contribution < 1.29 is 0 Å². The number of hydrogen-bond acceptors (Lipinski definition) is 2. The summed E-state index contributed by atoms with van der Waals surface area (Å²) in [7, 11) is 0. The Bertz CT molecular complexity index is 248. The number of nitrogens with one attached hydrogen (secondary N) is 1. The Kier molecular flexibility index (Phi) is 6.08. The molecule has 0 atom stereocenters. The number of halogens is 1. The highest BCUT2D eigenvalue weighted by Gasteiger charge is 1.93. The minimum absolute atomic E-state index is 0.735. The van der Waals surface area contributed by atoms with E-state index in [1.807, 2.05) is 0 Å². The molecule has 1 N–H and O–H groups in total. The van der Waals surface area contributed by atoms with Gasteiger partial charge >= 0.3 is 0 Å². The maximum absolute atomic E-state index is 5.58. The van der Waals surface area contributed by atoms with Crippen LogP contribution in [-0.2, 0) is 6.54 Å². The topological polar surface area (TPSA) is 12.0 Å². The molecule has 0 amide bonds. The van der Waals surface area contributed by atoms with E-state index in [-0.39, 0.29) is 0 Å². The Morgan fingerprint density at radius 3 is 2.57 bits per heavy atom. The van der Waals surface area contributed by atoms with Crippen molar-refractivity contribution in [2.24, 2.45) is 0 Å². The summed E-state index contributed by atoms with van der Waals surface area (Å²) in [6.45, 7) is 1.93. The fourth-order valence-corrected chi connectivity index (χ4v) is 1.71. The largest absolute Gasteiger partial charge is 0.313 e. The maximum Gasteiger partial charge on any atom is 0.0235 e. The van der Waals surface area contributed by atoms with Crippen LogP contribution in [-0.4, -0.2) is 18.7 Å². The van der Waals surface area contributed by atoms with Crippen molar-refractivity contribution in [1.82, 2.24) is 5.32 Å². The van der Waals surface area contributed by atoms with Crippen LogP contribution in [0.1, 0.15) is 12.0 Å². The lowest BCUT2D eigenvalue weighted by Gasteiger charge is -2.04. The lowest BCUT2D eigenvalue weighted by molar-refractivity contribution is 0.677. The number of rotatable bonds is 6. The van der Waals surface area contributed by atoms with E-state index < -0.39 is 0 Å². The van der Waals surface area contributed by atoms with Gasteiger partial charge in [0.05, 0.1) is 0 Å². The van der Waals surface area contributed by atoms with E-state index in [0.717, 1.165) is 25.4 Å². The van der Waals surface area contributed by atoms with Crippen LogP contribution in [0.2, 0.25) is 0 Å². The second-order valence-electron chi connectivity index (χ2n) is 3.07. The summed E-state index contributed by atoms with van der Waals surface area (Å²) < 4.78 is 0. The number of thioether (sulfide) groups is 1. The van der Waals surface area contributed by atoms with Gasteiger partial charge in [0.25, 0.3) is 0 Å². The van der Waals surface area contributed by atoms with Crippen LogP contribution in [0.5, 0.6) is 0 Å². The average molecular weight is 230 g/mol. The first-order valence-corrected chi connectivity index (χ1v) is 6.52. The van der Waals surface area contributed by atoms with Crippen LogP contribution in [0.4, 0.5) is 0 Å². The SMILES string of the molecule is CSc1ccc(CNCCCCl)cc1. The molecular formula is C11H16ClNS. The highest BCUT2D eigenvalue weighted by molar-refractivity contribution is 7.98.